The van der Waals surface area contributed by atoms with Crippen LogP contribution in [0.15, 0.2) is 63.8 Å². The zero-order chi connectivity index (χ0) is 19.5. The highest BCUT2D eigenvalue weighted by molar-refractivity contribution is 6.00. The number of carbonyl (C=O) groups is 2. The van der Waals surface area contributed by atoms with E-state index < -0.39 is 17.6 Å². The smallest absolute Gasteiger partial charge is 0.414 e. The van der Waals surface area contributed by atoms with E-state index in [9.17, 15) is 14.4 Å². The van der Waals surface area contributed by atoms with Gasteiger partial charge in [0.2, 0.25) is 0 Å². The zero-order valence-electron chi connectivity index (χ0n) is 14.7. The summed E-state index contributed by atoms with van der Waals surface area (Å²) in [6.07, 6.45) is -0.449. The summed E-state index contributed by atoms with van der Waals surface area (Å²) in [5.41, 5.74) is 0.966. The second-order valence-electron chi connectivity index (χ2n) is 6.07. The van der Waals surface area contributed by atoms with Crippen molar-refractivity contribution in [1.29, 1.82) is 0 Å². The molecule has 2 amide bonds. The molecule has 0 aliphatic carbocycles. The lowest BCUT2D eigenvalue weighted by Crippen LogP contribution is -2.26. The number of cyclic esters (lactones) is 1. The maximum Gasteiger partial charge on any atom is 0.414 e. The van der Waals surface area contributed by atoms with Crippen molar-refractivity contribution in [2.24, 2.45) is 0 Å². The molecule has 1 aliphatic heterocycles. The van der Waals surface area contributed by atoms with Crippen molar-refractivity contribution in [1.82, 2.24) is 0 Å². The van der Waals surface area contributed by atoms with E-state index in [-0.39, 0.29) is 6.61 Å². The van der Waals surface area contributed by atoms with Crippen LogP contribution >= 0.6 is 0 Å². The largest absolute Gasteiger partial charge is 0.484 e. The lowest BCUT2D eigenvalue weighted by Gasteiger charge is -2.17. The van der Waals surface area contributed by atoms with E-state index in [1.165, 1.54) is 11.0 Å². The van der Waals surface area contributed by atoms with Crippen LogP contribution in [-0.4, -0.2) is 31.8 Å². The summed E-state index contributed by atoms with van der Waals surface area (Å²) >= 11 is 0. The van der Waals surface area contributed by atoms with Crippen molar-refractivity contribution in [3.8, 4) is 5.75 Å². The number of para-hydroxylation sites is 2. The standard InChI is InChI=1S/C20H16N2O6/c23-18(12-27-14-7-5-13-6-8-19(24)28-17(13)11-14)21-15-3-1-2-4-16(15)22-9-10-26-20(22)25/h1-8,11H,9-10,12H2,(H,21,23). The molecule has 1 aliphatic rings. The molecule has 0 saturated carbocycles. The lowest BCUT2D eigenvalue weighted by molar-refractivity contribution is -0.118. The second kappa shape index (κ2) is 7.43. The van der Waals surface area contributed by atoms with Gasteiger partial charge in [0.05, 0.1) is 17.9 Å². The van der Waals surface area contributed by atoms with E-state index in [1.807, 2.05) is 0 Å². The van der Waals surface area contributed by atoms with Gasteiger partial charge in [-0.05, 0) is 30.3 Å². The van der Waals surface area contributed by atoms with Gasteiger partial charge in [-0.15, -0.1) is 0 Å². The van der Waals surface area contributed by atoms with Crippen LogP contribution in [0.25, 0.3) is 11.0 Å². The topological polar surface area (TPSA) is 98.1 Å². The van der Waals surface area contributed by atoms with Crippen LogP contribution < -0.4 is 20.6 Å². The van der Waals surface area contributed by atoms with Crippen molar-refractivity contribution >= 4 is 34.3 Å². The molecular formula is C20H16N2O6. The van der Waals surface area contributed by atoms with Gasteiger partial charge >= 0.3 is 11.7 Å². The Bertz CT molecular complexity index is 1110. The predicted molar refractivity (Wildman–Crippen MR) is 102 cm³/mol. The number of rotatable bonds is 5. The van der Waals surface area contributed by atoms with Crippen molar-refractivity contribution in [3.63, 3.8) is 0 Å². The summed E-state index contributed by atoms with van der Waals surface area (Å²) in [7, 11) is 0. The van der Waals surface area contributed by atoms with Gasteiger partial charge in [0.1, 0.15) is 17.9 Å². The Morgan fingerprint density at radius 2 is 1.93 bits per heavy atom. The molecule has 8 heteroatoms. The van der Waals surface area contributed by atoms with Gasteiger partial charge in [-0.3, -0.25) is 9.69 Å². The van der Waals surface area contributed by atoms with Crippen LogP contribution in [0, 0.1) is 0 Å². The van der Waals surface area contributed by atoms with Gasteiger partial charge in [-0.25, -0.2) is 9.59 Å². The number of nitrogens with zero attached hydrogens (tertiary/aromatic N) is 1. The molecule has 0 spiro atoms. The molecule has 1 fully saturated rings. The fraction of sp³-hybridized carbons (Fsp3) is 0.150. The molecule has 0 unspecified atom stereocenters. The van der Waals surface area contributed by atoms with E-state index >= 15 is 0 Å². The first-order chi connectivity index (χ1) is 13.6. The number of fused-ring (bicyclic) bond motifs is 1. The zero-order valence-corrected chi connectivity index (χ0v) is 14.7. The molecule has 8 nitrogen and oxygen atoms in total. The third kappa shape index (κ3) is 3.66. The van der Waals surface area contributed by atoms with Crippen LogP contribution in [0.2, 0.25) is 0 Å². The SMILES string of the molecule is O=C(COc1ccc2ccc(=O)oc2c1)Nc1ccccc1N1CCOC1=O. The molecule has 3 aromatic rings. The van der Waals surface area contributed by atoms with E-state index in [0.29, 0.717) is 35.9 Å². The maximum atomic E-state index is 12.3. The van der Waals surface area contributed by atoms with Gasteiger partial charge in [-0.2, -0.15) is 0 Å². The molecule has 142 valence electrons. The Balaban J connectivity index is 1.44. The monoisotopic (exact) mass is 380 g/mol. The first-order valence-corrected chi connectivity index (χ1v) is 8.60. The molecule has 0 atom stereocenters. The Labute approximate surface area is 159 Å². The van der Waals surface area contributed by atoms with Crippen molar-refractivity contribution in [3.05, 3.63) is 65.0 Å². The Morgan fingerprint density at radius 3 is 2.75 bits per heavy atom. The predicted octanol–water partition coefficient (Wildman–Crippen LogP) is 2.77. The number of ether oxygens (including phenoxy) is 2. The number of carbonyl (C=O) groups excluding carboxylic acids is 2. The number of anilines is 2. The van der Waals surface area contributed by atoms with Gasteiger partial charge < -0.3 is 19.2 Å². The molecule has 2 heterocycles. The van der Waals surface area contributed by atoms with Crippen LogP contribution in [0.4, 0.5) is 16.2 Å². The Morgan fingerprint density at radius 1 is 1.11 bits per heavy atom. The fourth-order valence-electron chi connectivity index (χ4n) is 2.89. The molecule has 0 bridgehead atoms. The highest BCUT2D eigenvalue weighted by Gasteiger charge is 2.25. The van der Waals surface area contributed by atoms with Crippen molar-refractivity contribution < 1.29 is 23.5 Å². The van der Waals surface area contributed by atoms with E-state index in [0.717, 1.165) is 5.39 Å². The molecule has 2 aromatic carbocycles. The number of amides is 2. The highest BCUT2D eigenvalue weighted by Crippen LogP contribution is 2.28. The van der Waals surface area contributed by atoms with Crippen LogP contribution in [-0.2, 0) is 9.53 Å². The van der Waals surface area contributed by atoms with E-state index in [2.05, 4.69) is 5.32 Å². The number of hydrogen-bond donors (Lipinski definition) is 1. The Kier molecular flexibility index (Phi) is 4.67. The first-order valence-electron chi connectivity index (χ1n) is 8.60. The third-order valence-corrected chi connectivity index (χ3v) is 4.19. The quantitative estimate of drug-likeness (QED) is 0.684. The molecule has 1 N–H and O–H groups in total. The molecule has 4 rings (SSSR count). The number of hydrogen-bond acceptors (Lipinski definition) is 6. The van der Waals surface area contributed by atoms with E-state index in [1.54, 1.807) is 48.5 Å². The summed E-state index contributed by atoms with van der Waals surface area (Å²) in [6, 6.07) is 14.9. The lowest BCUT2D eigenvalue weighted by atomic mass is 10.2. The van der Waals surface area contributed by atoms with Crippen LogP contribution in [0.5, 0.6) is 5.75 Å². The summed E-state index contributed by atoms with van der Waals surface area (Å²) in [5, 5.41) is 3.49. The number of nitrogens with one attached hydrogen (secondary N) is 1. The van der Waals surface area contributed by atoms with Crippen LogP contribution in [0.1, 0.15) is 0 Å². The average molecular weight is 380 g/mol. The van der Waals surface area contributed by atoms with Crippen molar-refractivity contribution in [2.45, 2.75) is 0 Å². The minimum absolute atomic E-state index is 0.249. The summed E-state index contributed by atoms with van der Waals surface area (Å²) in [5.74, 6) is 0.00281. The summed E-state index contributed by atoms with van der Waals surface area (Å²) < 4.78 is 15.5. The number of benzene rings is 2. The fourth-order valence-corrected chi connectivity index (χ4v) is 2.89. The van der Waals surface area contributed by atoms with E-state index in [4.69, 9.17) is 13.9 Å². The normalized spacial score (nSPS) is 13.4. The van der Waals surface area contributed by atoms with Gasteiger partial charge in [0.15, 0.2) is 6.61 Å². The summed E-state index contributed by atoms with van der Waals surface area (Å²) in [4.78, 5) is 36.9. The van der Waals surface area contributed by atoms with Crippen molar-refractivity contribution in [2.75, 3.05) is 30.0 Å². The minimum Gasteiger partial charge on any atom is -0.484 e. The maximum absolute atomic E-state index is 12.3. The molecule has 1 aromatic heterocycles. The van der Waals surface area contributed by atoms with Gasteiger partial charge in [0, 0.05) is 17.5 Å². The average Bonchev–Trinajstić information content (AvgIpc) is 3.12. The van der Waals surface area contributed by atoms with Crippen LogP contribution in [0.3, 0.4) is 0 Å². The van der Waals surface area contributed by atoms with Gasteiger partial charge in [0.25, 0.3) is 5.91 Å². The van der Waals surface area contributed by atoms with Gasteiger partial charge in [-0.1, -0.05) is 12.1 Å². The molecule has 1 saturated heterocycles. The Hall–Kier alpha value is -3.81. The minimum atomic E-state index is -0.459. The molecular weight excluding hydrogens is 364 g/mol. The second-order valence-corrected chi connectivity index (χ2v) is 6.07. The highest BCUT2D eigenvalue weighted by atomic mass is 16.6. The summed E-state index contributed by atoms with van der Waals surface area (Å²) in [6.45, 7) is 0.480. The molecule has 0 radical (unpaired) electrons. The third-order valence-electron chi connectivity index (χ3n) is 4.19. The molecule has 28 heavy (non-hydrogen) atoms. The first kappa shape index (κ1) is 17.6.